The van der Waals surface area contributed by atoms with Gasteiger partial charge in [-0.25, -0.2) is 4.39 Å². The molecule has 0 aliphatic carbocycles. The largest absolute Gasteiger partial charge is 0.310 e. The van der Waals surface area contributed by atoms with Gasteiger partial charge in [0.15, 0.2) is 0 Å². The molecule has 1 N–H and O–H groups in total. The van der Waals surface area contributed by atoms with Crippen molar-refractivity contribution in [2.24, 2.45) is 0 Å². The van der Waals surface area contributed by atoms with Crippen molar-refractivity contribution in [3.05, 3.63) is 70.0 Å². The smallest absolute Gasteiger partial charge is 0.123 e. The van der Waals surface area contributed by atoms with E-state index in [0.29, 0.717) is 0 Å². The lowest BCUT2D eigenvalue weighted by Crippen LogP contribution is -2.24. The third kappa shape index (κ3) is 4.55. The van der Waals surface area contributed by atoms with Crippen LogP contribution in [-0.2, 0) is 6.42 Å². The summed E-state index contributed by atoms with van der Waals surface area (Å²) in [6, 6.07) is 12.9. The van der Waals surface area contributed by atoms with E-state index in [1.807, 2.05) is 24.3 Å². The lowest BCUT2D eigenvalue weighted by atomic mass is 9.95. The van der Waals surface area contributed by atoms with Crippen LogP contribution < -0.4 is 5.32 Å². The molecule has 0 aliphatic rings. The molecule has 3 heteroatoms. The van der Waals surface area contributed by atoms with Crippen LogP contribution in [0.25, 0.3) is 0 Å². The number of aryl methyl sites for hydroxylation is 1. The molecule has 0 fully saturated rings. The Morgan fingerprint density at radius 1 is 1.14 bits per heavy atom. The number of benzene rings is 2. The van der Waals surface area contributed by atoms with Gasteiger partial charge in [0.2, 0.25) is 0 Å². The second kappa shape index (κ2) is 7.58. The first-order valence-corrected chi connectivity index (χ1v) is 7.72. The van der Waals surface area contributed by atoms with Crippen LogP contribution in [0.2, 0.25) is 5.02 Å². The van der Waals surface area contributed by atoms with Gasteiger partial charge in [0, 0.05) is 11.1 Å². The molecule has 0 aliphatic heterocycles. The van der Waals surface area contributed by atoms with Gasteiger partial charge in [-0.2, -0.15) is 0 Å². The molecule has 0 aromatic heterocycles. The summed E-state index contributed by atoms with van der Waals surface area (Å²) < 4.78 is 13.0. The van der Waals surface area contributed by atoms with Gasteiger partial charge >= 0.3 is 0 Å². The first-order chi connectivity index (χ1) is 10.1. The van der Waals surface area contributed by atoms with Crippen LogP contribution in [0.15, 0.2) is 42.5 Å². The monoisotopic (exact) mass is 305 g/mol. The number of hydrogen-bond acceptors (Lipinski definition) is 1. The summed E-state index contributed by atoms with van der Waals surface area (Å²) >= 11 is 6.04. The first-order valence-electron chi connectivity index (χ1n) is 7.34. The highest BCUT2D eigenvalue weighted by molar-refractivity contribution is 6.30. The molecule has 1 unspecified atom stereocenters. The van der Waals surface area contributed by atoms with Crippen molar-refractivity contribution in [1.82, 2.24) is 5.32 Å². The van der Waals surface area contributed by atoms with Crippen molar-refractivity contribution in [2.45, 2.75) is 32.7 Å². The average molecular weight is 306 g/mol. The summed E-state index contributed by atoms with van der Waals surface area (Å²) in [5, 5.41) is 4.33. The molecule has 0 bridgehead atoms. The highest BCUT2D eigenvalue weighted by Crippen LogP contribution is 2.24. The minimum Gasteiger partial charge on any atom is -0.310 e. The van der Waals surface area contributed by atoms with Crippen LogP contribution in [0.4, 0.5) is 4.39 Å². The number of halogens is 2. The van der Waals surface area contributed by atoms with E-state index in [1.54, 1.807) is 0 Å². The second-order valence-electron chi connectivity index (χ2n) is 5.34. The zero-order chi connectivity index (χ0) is 15.2. The van der Waals surface area contributed by atoms with Crippen LogP contribution in [0, 0.1) is 12.7 Å². The molecule has 0 heterocycles. The van der Waals surface area contributed by atoms with E-state index in [9.17, 15) is 4.39 Å². The van der Waals surface area contributed by atoms with Crippen molar-refractivity contribution in [1.29, 1.82) is 0 Å². The van der Waals surface area contributed by atoms with E-state index in [1.165, 1.54) is 23.3 Å². The van der Waals surface area contributed by atoms with E-state index in [2.05, 4.69) is 25.2 Å². The highest BCUT2D eigenvalue weighted by Gasteiger charge is 2.14. The molecule has 2 aromatic carbocycles. The summed E-state index contributed by atoms with van der Waals surface area (Å²) in [5.41, 5.74) is 3.55. The topological polar surface area (TPSA) is 12.0 Å². The average Bonchev–Trinajstić information content (AvgIpc) is 2.46. The molecule has 0 saturated heterocycles. The van der Waals surface area contributed by atoms with Gasteiger partial charge in [0.1, 0.15) is 5.82 Å². The van der Waals surface area contributed by atoms with Crippen molar-refractivity contribution in [3.8, 4) is 0 Å². The fourth-order valence-corrected chi connectivity index (χ4v) is 2.72. The Morgan fingerprint density at radius 3 is 2.48 bits per heavy atom. The van der Waals surface area contributed by atoms with Gasteiger partial charge in [-0.1, -0.05) is 36.7 Å². The summed E-state index contributed by atoms with van der Waals surface area (Å²) in [7, 11) is 0. The molecule has 2 aromatic rings. The maximum absolute atomic E-state index is 13.0. The predicted molar refractivity (Wildman–Crippen MR) is 87.3 cm³/mol. The molecule has 1 atom stereocenters. The Hall–Kier alpha value is -1.38. The SMILES string of the molecule is CCCNC(Cc1ccc(F)cc1)c1ccc(Cl)cc1C. The van der Waals surface area contributed by atoms with E-state index >= 15 is 0 Å². The molecule has 0 spiro atoms. The Balaban J connectivity index is 2.22. The van der Waals surface area contributed by atoms with Crippen LogP contribution >= 0.6 is 11.6 Å². The molecular weight excluding hydrogens is 285 g/mol. The molecule has 0 amide bonds. The Bertz CT molecular complexity index is 580. The molecule has 112 valence electrons. The van der Waals surface area contributed by atoms with Crippen molar-refractivity contribution in [3.63, 3.8) is 0 Å². The second-order valence-corrected chi connectivity index (χ2v) is 5.77. The van der Waals surface area contributed by atoms with Crippen LogP contribution in [0.3, 0.4) is 0 Å². The van der Waals surface area contributed by atoms with Crippen LogP contribution in [-0.4, -0.2) is 6.54 Å². The van der Waals surface area contributed by atoms with E-state index in [0.717, 1.165) is 30.0 Å². The molecule has 1 nitrogen and oxygen atoms in total. The van der Waals surface area contributed by atoms with E-state index in [4.69, 9.17) is 11.6 Å². The van der Waals surface area contributed by atoms with Gasteiger partial charge in [-0.15, -0.1) is 0 Å². The van der Waals surface area contributed by atoms with Crippen molar-refractivity contribution < 1.29 is 4.39 Å². The molecule has 21 heavy (non-hydrogen) atoms. The molecule has 0 saturated carbocycles. The van der Waals surface area contributed by atoms with Gasteiger partial charge in [0.25, 0.3) is 0 Å². The predicted octanol–water partition coefficient (Wildman–Crippen LogP) is 5.07. The standard InChI is InChI=1S/C18H21ClFN/c1-3-10-21-18(12-14-4-7-16(20)8-5-14)17-9-6-15(19)11-13(17)2/h4-9,11,18,21H,3,10,12H2,1-2H3. The van der Waals surface area contributed by atoms with Crippen LogP contribution in [0.5, 0.6) is 0 Å². The van der Waals surface area contributed by atoms with Crippen molar-refractivity contribution >= 4 is 11.6 Å². The minimum absolute atomic E-state index is 0.195. The first kappa shape index (κ1) is 16.0. The minimum atomic E-state index is -0.195. The van der Waals surface area contributed by atoms with Gasteiger partial charge < -0.3 is 5.32 Å². The fraction of sp³-hybridized carbons (Fsp3) is 0.333. The number of nitrogens with one attached hydrogen (secondary N) is 1. The van der Waals surface area contributed by atoms with Gasteiger partial charge in [-0.3, -0.25) is 0 Å². The quantitative estimate of drug-likeness (QED) is 0.785. The third-order valence-corrected chi connectivity index (χ3v) is 3.84. The molecular formula is C18H21ClFN. The van der Waals surface area contributed by atoms with E-state index in [-0.39, 0.29) is 11.9 Å². The summed E-state index contributed by atoms with van der Waals surface area (Å²) in [6.45, 7) is 5.18. The van der Waals surface area contributed by atoms with E-state index < -0.39 is 0 Å². The Labute approximate surface area is 131 Å². The maximum atomic E-state index is 13.0. The van der Waals surface area contributed by atoms with Gasteiger partial charge in [-0.05, 0) is 67.3 Å². The number of rotatable bonds is 6. The Kier molecular flexibility index (Phi) is 5.77. The summed E-state index contributed by atoms with van der Waals surface area (Å²) in [6.07, 6.45) is 1.91. The summed E-state index contributed by atoms with van der Waals surface area (Å²) in [5.74, 6) is -0.195. The highest BCUT2D eigenvalue weighted by atomic mass is 35.5. The zero-order valence-corrected chi connectivity index (χ0v) is 13.3. The lowest BCUT2D eigenvalue weighted by molar-refractivity contribution is 0.526. The third-order valence-electron chi connectivity index (χ3n) is 3.60. The Morgan fingerprint density at radius 2 is 1.86 bits per heavy atom. The summed E-state index contributed by atoms with van der Waals surface area (Å²) in [4.78, 5) is 0. The zero-order valence-electron chi connectivity index (χ0n) is 12.5. The maximum Gasteiger partial charge on any atom is 0.123 e. The van der Waals surface area contributed by atoms with Crippen molar-refractivity contribution in [2.75, 3.05) is 6.54 Å². The number of hydrogen-bond donors (Lipinski definition) is 1. The lowest BCUT2D eigenvalue weighted by Gasteiger charge is -2.21. The fourth-order valence-electron chi connectivity index (χ4n) is 2.50. The normalized spacial score (nSPS) is 12.4. The molecule has 0 radical (unpaired) electrons. The molecule has 2 rings (SSSR count). The van der Waals surface area contributed by atoms with Gasteiger partial charge in [0.05, 0.1) is 0 Å². The van der Waals surface area contributed by atoms with Crippen LogP contribution in [0.1, 0.15) is 36.1 Å².